The summed E-state index contributed by atoms with van der Waals surface area (Å²) >= 11 is 0. The van der Waals surface area contributed by atoms with Crippen LogP contribution in [-0.4, -0.2) is 43.9 Å². The van der Waals surface area contributed by atoms with Crippen LogP contribution in [-0.2, 0) is 4.79 Å². The number of nitrogens with zero attached hydrogens (tertiary/aromatic N) is 2. The predicted octanol–water partition coefficient (Wildman–Crippen LogP) is 3.24. The number of hydrogen-bond acceptors (Lipinski definition) is 3. The SMILES string of the molecule is CN(C)c1ccc(C(=O)N2CCC[C@@H](C(=O)Nc3ccccc3)C2)cc1. The molecule has 3 rings (SSSR count). The molecule has 1 atom stereocenters. The first-order valence-electron chi connectivity index (χ1n) is 8.97. The number of anilines is 2. The largest absolute Gasteiger partial charge is 0.378 e. The maximum absolute atomic E-state index is 12.8. The highest BCUT2D eigenvalue weighted by molar-refractivity contribution is 5.96. The van der Waals surface area contributed by atoms with Crippen LogP contribution in [0.1, 0.15) is 23.2 Å². The van der Waals surface area contributed by atoms with Gasteiger partial charge >= 0.3 is 0 Å². The summed E-state index contributed by atoms with van der Waals surface area (Å²) in [5, 5.41) is 2.95. The molecule has 1 fully saturated rings. The van der Waals surface area contributed by atoms with E-state index in [1.54, 1.807) is 4.90 Å². The van der Waals surface area contributed by atoms with Crippen molar-refractivity contribution in [1.29, 1.82) is 0 Å². The van der Waals surface area contributed by atoms with Gasteiger partial charge in [-0.2, -0.15) is 0 Å². The normalized spacial score (nSPS) is 16.8. The summed E-state index contributed by atoms with van der Waals surface area (Å²) in [6.07, 6.45) is 1.65. The van der Waals surface area contributed by atoms with Gasteiger partial charge in [-0.15, -0.1) is 0 Å². The van der Waals surface area contributed by atoms with Crippen molar-refractivity contribution in [2.75, 3.05) is 37.4 Å². The molecule has 26 heavy (non-hydrogen) atoms. The quantitative estimate of drug-likeness (QED) is 0.920. The van der Waals surface area contributed by atoms with Crippen molar-refractivity contribution in [2.45, 2.75) is 12.8 Å². The molecule has 1 aliphatic heterocycles. The number of benzene rings is 2. The Bertz CT molecular complexity index is 757. The van der Waals surface area contributed by atoms with E-state index < -0.39 is 0 Å². The first-order valence-corrected chi connectivity index (χ1v) is 8.97. The van der Waals surface area contributed by atoms with Gasteiger partial charge in [0.15, 0.2) is 0 Å². The Labute approximate surface area is 154 Å². The molecule has 0 aliphatic carbocycles. The van der Waals surface area contributed by atoms with E-state index >= 15 is 0 Å². The Kier molecular flexibility index (Phi) is 5.56. The predicted molar refractivity (Wildman–Crippen MR) is 104 cm³/mol. The van der Waals surface area contributed by atoms with Crippen LogP contribution in [0.2, 0.25) is 0 Å². The number of hydrogen-bond donors (Lipinski definition) is 1. The molecular formula is C21H25N3O2. The zero-order valence-electron chi connectivity index (χ0n) is 15.3. The molecule has 136 valence electrons. The van der Waals surface area contributed by atoms with Gasteiger partial charge in [-0.25, -0.2) is 0 Å². The molecule has 0 unspecified atom stereocenters. The van der Waals surface area contributed by atoms with Crippen molar-refractivity contribution in [1.82, 2.24) is 4.90 Å². The van der Waals surface area contributed by atoms with Gasteiger partial charge in [-0.3, -0.25) is 9.59 Å². The summed E-state index contributed by atoms with van der Waals surface area (Å²) in [6, 6.07) is 17.0. The number of piperidine rings is 1. The van der Waals surface area contributed by atoms with Gasteiger partial charge in [0.2, 0.25) is 5.91 Å². The van der Waals surface area contributed by atoms with Gasteiger partial charge in [0.05, 0.1) is 5.92 Å². The molecule has 1 N–H and O–H groups in total. The third kappa shape index (κ3) is 4.23. The Hall–Kier alpha value is -2.82. The van der Waals surface area contributed by atoms with Crippen molar-refractivity contribution in [3.8, 4) is 0 Å². The second-order valence-electron chi connectivity index (χ2n) is 6.89. The van der Waals surface area contributed by atoms with Crippen LogP contribution in [0.4, 0.5) is 11.4 Å². The van der Waals surface area contributed by atoms with Crippen LogP contribution in [0.5, 0.6) is 0 Å². The van der Waals surface area contributed by atoms with Gasteiger partial charge in [0.1, 0.15) is 0 Å². The van der Waals surface area contributed by atoms with Gasteiger partial charge in [-0.05, 0) is 49.2 Å². The fourth-order valence-corrected chi connectivity index (χ4v) is 3.23. The lowest BCUT2D eigenvalue weighted by Gasteiger charge is -2.32. The van der Waals surface area contributed by atoms with Crippen LogP contribution in [0.3, 0.4) is 0 Å². The van der Waals surface area contributed by atoms with Crippen molar-refractivity contribution >= 4 is 23.2 Å². The zero-order chi connectivity index (χ0) is 18.5. The van der Waals surface area contributed by atoms with Gasteiger partial charge in [0.25, 0.3) is 5.91 Å². The number of nitrogens with one attached hydrogen (secondary N) is 1. The first-order chi connectivity index (χ1) is 12.5. The van der Waals surface area contributed by atoms with E-state index in [1.807, 2.05) is 73.6 Å². The second kappa shape index (κ2) is 8.04. The Balaban J connectivity index is 1.64. The Morgan fingerprint density at radius 3 is 2.38 bits per heavy atom. The monoisotopic (exact) mass is 351 g/mol. The molecule has 5 nitrogen and oxygen atoms in total. The van der Waals surface area contributed by atoms with Crippen LogP contribution in [0.25, 0.3) is 0 Å². The van der Waals surface area contributed by atoms with Crippen LogP contribution in [0, 0.1) is 5.92 Å². The minimum atomic E-state index is -0.172. The molecule has 0 aromatic heterocycles. The number of likely N-dealkylation sites (tertiary alicyclic amines) is 1. The maximum Gasteiger partial charge on any atom is 0.253 e. The maximum atomic E-state index is 12.8. The smallest absolute Gasteiger partial charge is 0.253 e. The molecule has 2 amide bonds. The van der Waals surface area contributed by atoms with E-state index in [2.05, 4.69) is 5.32 Å². The number of para-hydroxylation sites is 1. The summed E-state index contributed by atoms with van der Waals surface area (Å²) in [7, 11) is 3.94. The average molecular weight is 351 g/mol. The van der Waals surface area contributed by atoms with E-state index in [0.29, 0.717) is 18.7 Å². The molecule has 0 spiro atoms. The minimum Gasteiger partial charge on any atom is -0.378 e. The number of rotatable bonds is 4. The van der Waals surface area contributed by atoms with Crippen molar-refractivity contribution in [2.24, 2.45) is 5.92 Å². The molecule has 1 saturated heterocycles. The number of carbonyl (C=O) groups excluding carboxylic acids is 2. The van der Waals surface area contributed by atoms with E-state index in [1.165, 1.54) is 0 Å². The van der Waals surface area contributed by atoms with E-state index in [-0.39, 0.29) is 17.7 Å². The highest BCUT2D eigenvalue weighted by atomic mass is 16.2. The topological polar surface area (TPSA) is 52.7 Å². The lowest BCUT2D eigenvalue weighted by Crippen LogP contribution is -2.43. The molecular weight excluding hydrogens is 326 g/mol. The third-order valence-electron chi connectivity index (χ3n) is 4.75. The van der Waals surface area contributed by atoms with Gasteiger partial charge < -0.3 is 15.1 Å². The fraction of sp³-hybridized carbons (Fsp3) is 0.333. The molecule has 0 bridgehead atoms. The van der Waals surface area contributed by atoms with Crippen molar-refractivity contribution in [3.05, 3.63) is 60.2 Å². The third-order valence-corrected chi connectivity index (χ3v) is 4.75. The molecule has 0 radical (unpaired) electrons. The molecule has 2 aromatic rings. The lowest BCUT2D eigenvalue weighted by atomic mass is 9.96. The molecule has 1 heterocycles. The first kappa shape index (κ1) is 18.0. The summed E-state index contributed by atoms with van der Waals surface area (Å²) < 4.78 is 0. The second-order valence-corrected chi connectivity index (χ2v) is 6.89. The number of amides is 2. The van der Waals surface area contributed by atoms with Gasteiger partial charge in [-0.1, -0.05) is 18.2 Å². The van der Waals surface area contributed by atoms with E-state index in [9.17, 15) is 9.59 Å². The van der Waals surface area contributed by atoms with E-state index in [0.717, 1.165) is 24.2 Å². The molecule has 1 aliphatic rings. The highest BCUT2D eigenvalue weighted by Gasteiger charge is 2.29. The van der Waals surface area contributed by atoms with E-state index in [4.69, 9.17) is 0 Å². The zero-order valence-corrected chi connectivity index (χ0v) is 15.3. The minimum absolute atomic E-state index is 0.00693. The fourth-order valence-electron chi connectivity index (χ4n) is 3.23. The molecule has 2 aromatic carbocycles. The van der Waals surface area contributed by atoms with Crippen molar-refractivity contribution < 1.29 is 9.59 Å². The summed E-state index contributed by atoms with van der Waals surface area (Å²) in [5.74, 6) is -0.196. The summed E-state index contributed by atoms with van der Waals surface area (Å²) in [6.45, 7) is 1.16. The highest BCUT2D eigenvalue weighted by Crippen LogP contribution is 2.21. The Morgan fingerprint density at radius 2 is 1.73 bits per heavy atom. The summed E-state index contributed by atoms with van der Waals surface area (Å²) in [4.78, 5) is 29.1. The molecule has 0 saturated carbocycles. The average Bonchev–Trinajstić information content (AvgIpc) is 2.68. The summed E-state index contributed by atoms with van der Waals surface area (Å²) in [5.41, 5.74) is 2.51. The standard InChI is InChI=1S/C21H25N3O2/c1-23(2)19-12-10-16(11-13-19)21(26)24-14-6-7-17(15-24)20(25)22-18-8-4-3-5-9-18/h3-5,8-13,17H,6-7,14-15H2,1-2H3,(H,22,25)/t17-/m1/s1. The van der Waals surface area contributed by atoms with Crippen molar-refractivity contribution in [3.63, 3.8) is 0 Å². The van der Waals surface area contributed by atoms with Crippen LogP contribution in [0.15, 0.2) is 54.6 Å². The lowest BCUT2D eigenvalue weighted by molar-refractivity contribution is -0.121. The van der Waals surface area contributed by atoms with Crippen LogP contribution < -0.4 is 10.2 Å². The number of carbonyl (C=O) groups is 2. The molecule has 5 heteroatoms. The Morgan fingerprint density at radius 1 is 1.04 bits per heavy atom. The van der Waals surface area contributed by atoms with Crippen LogP contribution >= 0.6 is 0 Å². The van der Waals surface area contributed by atoms with Gasteiger partial charge in [0, 0.05) is 44.1 Å².